The predicted molar refractivity (Wildman–Crippen MR) is 113 cm³/mol. The largest absolute Gasteiger partial charge is 0.381 e. The lowest BCUT2D eigenvalue weighted by Crippen LogP contribution is -2.48. The second-order valence-corrected chi connectivity index (χ2v) is 7.47. The second kappa shape index (κ2) is 9.89. The van der Waals surface area contributed by atoms with Crippen molar-refractivity contribution >= 4 is 17.6 Å². The minimum absolute atomic E-state index is 0.0975. The lowest BCUT2D eigenvalue weighted by Gasteiger charge is -2.38. The zero-order chi connectivity index (χ0) is 19.8. The summed E-state index contributed by atoms with van der Waals surface area (Å²) in [6.07, 6.45) is 2.39. The summed E-state index contributed by atoms with van der Waals surface area (Å²) < 4.78 is 19.4. The van der Waals surface area contributed by atoms with Crippen LogP contribution in [0.1, 0.15) is 24.0 Å². The van der Waals surface area contributed by atoms with Crippen LogP contribution in [0, 0.1) is 5.82 Å². The van der Waals surface area contributed by atoms with Gasteiger partial charge >= 0.3 is 0 Å². The van der Waals surface area contributed by atoms with Crippen molar-refractivity contribution < 1.29 is 9.13 Å². The fraction of sp³-hybridized carbons (Fsp3) is 0.409. The third kappa shape index (κ3) is 5.03. The van der Waals surface area contributed by atoms with E-state index in [1.165, 1.54) is 6.07 Å². The van der Waals surface area contributed by atoms with E-state index in [-0.39, 0.29) is 11.2 Å². The van der Waals surface area contributed by atoms with Gasteiger partial charge in [0.2, 0.25) is 0 Å². The maximum absolute atomic E-state index is 13.8. The van der Waals surface area contributed by atoms with Gasteiger partial charge in [0.15, 0.2) is 5.96 Å². The third-order valence-corrected chi connectivity index (χ3v) is 5.69. The van der Waals surface area contributed by atoms with Crippen LogP contribution in [0.2, 0.25) is 5.02 Å². The molecule has 0 radical (unpaired) electrons. The van der Waals surface area contributed by atoms with E-state index in [0.29, 0.717) is 44.2 Å². The third-order valence-electron chi connectivity index (χ3n) is 5.36. The van der Waals surface area contributed by atoms with E-state index < -0.39 is 0 Å². The van der Waals surface area contributed by atoms with Gasteiger partial charge in [0, 0.05) is 43.8 Å². The van der Waals surface area contributed by atoms with Crippen LogP contribution in [0.4, 0.5) is 4.39 Å². The first kappa shape index (κ1) is 20.6. The lowest BCUT2D eigenvalue weighted by molar-refractivity contribution is 0.0514. The number of hydrogen-bond acceptors (Lipinski definition) is 2. The Labute approximate surface area is 171 Å². The van der Waals surface area contributed by atoms with E-state index in [0.717, 1.165) is 23.4 Å². The quantitative estimate of drug-likeness (QED) is 0.567. The maximum Gasteiger partial charge on any atom is 0.191 e. The Morgan fingerprint density at radius 3 is 2.54 bits per heavy atom. The molecule has 6 heteroatoms. The average molecular weight is 404 g/mol. The molecular weight excluding hydrogens is 377 g/mol. The molecule has 1 heterocycles. The molecule has 0 spiro atoms. The molecule has 1 aliphatic rings. The second-order valence-electron chi connectivity index (χ2n) is 7.07. The van der Waals surface area contributed by atoms with Gasteiger partial charge in [0.25, 0.3) is 0 Å². The number of halogens is 2. The van der Waals surface area contributed by atoms with Gasteiger partial charge in [0.1, 0.15) is 5.82 Å². The standard InChI is InChI=1S/C22H27ClFN3O/c1-25-21(26-13-10-17-6-2-5-9-20(17)24)27-16-22(11-14-28-15-12-22)18-7-3-4-8-19(18)23/h2-9H,10-16H2,1H3,(H2,25,26,27). The number of rotatable bonds is 6. The first-order valence-corrected chi connectivity index (χ1v) is 10.0. The van der Waals surface area contributed by atoms with Crippen molar-refractivity contribution in [3.05, 3.63) is 70.5 Å². The van der Waals surface area contributed by atoms with E-state index in [1.807, 2.05) is 30.3 Å². The highest BCUT2D eigenvalue weighted by Crippen LogP contribution is 2.38. The van der Waals surface area contributed by atoms with Crippen LogP contribution in [0.5, 0.6) is 0 Å². The number of aliphatic imine (C=N–C) groups is 1. The highest BCUT2D eigenvalue weighted by Gasteiger charge is 2.36. The fourth-order valence-corrected chi connectivity index (χ4v) is 4.02. The molecule has 0 atom stereocenters. The Balaban J connectivity index is 1.62. The Morgan fingerprint density at radius 1 is 1.11 bits per heavy atom. The molecular formula is C22H27ClFN3O. The summed E-state index contributed by atoms with van der Waals surface area (Å²) in [5.74, 6) is 0.529. The van der Waals surface area contributed by atoms with Gasteiger partial charge in [-0.25, -0.2) is 4.39 Å². The Morgan fingerprint density at radius 2 is 1.82 bits per heavy atom. The highest BCUT2D eigenvalue weighted by molar-refractivity contribution is 6.31. The van der Waals surface area contributed by atoms with Gasteiger partial charge in [-0.3, -0.25) is 4.99 Å². The van der Waals surface area contributed by atoms with Crippen molar-refractivity contribution in [2.24, 2.45) is 4.99 Å². The minimum Gasteiger partial charge on any atom is -0.381 e. The molecule has 2 N–H and O–H groups in total. The summed E-state index contributed by atoms with van der Waals surface area (Å²) in [6.45, 7) is 2.74. The highest BCUT2D eigenvalue weighted by atomic mass is 35.5. The number of nitrogens with zero attached hydrogens (tertiary/aromatic N) is 1. The van der Waals surface area contributed by atoms with Gasteiger partial charge < -0.3 is 15.4 Å². The molecule has 1 aliphatic heterocycles. The molecule has 4 nitrogen and oxygen atoms in total. The van der Waals surface area contributed by atoms with Gasteiger partial charge in [-0.05, 0) is 42.5 Å². The smallest absolute Gasteiger partial charge is 0.191 e. The SMILES string of the molecule is CN=C(NCCc1ccccc1F)NCC1(c2ccccc2Cl)CCOCC1. The van der Waals surface area contributed by atoms with E-state index in [9.17, 15) is 4.39 Å². The van der Waals surface area contributed by atoms with Crippen molar-refractivity contribution in [3.8, 4) is 0 Å². The van der Waals surface area contributed by atoms with Gasteiger partial charge in [-0.15, -0.1) is 0 Å². The van der Waals surface area contributed by atoms with E-state index in [4.69, 9.17) is 16.3 Å². The van der Waals surface area contributed by atoms with Gasteiger partial charge in [0.05, 0.1) is 0 Å². The molecule has 150 valence electrons. The van der Waals surface area contributed by atoms with Crippen molar-refractivity contribution in [1.29, 1.82) is 0 Å². The Bertz CT molecular complexity index is 806. The molecule has 0 saturated carbocycles. The summed E-state index contributed by atoms with van der Waals surface area (Å²) in [4.78, 5) is 4.31. The van der Waals surface area contributed by atoms with Gasteiger partial charge in [-0.1, -0.05) is 48.0 Å². The monoisotopic (exact) mass is 403 g/mol. The lowest BCUT2D eigenvalue weighted by atomic mass is 9.74. The first-order valence-electron chi connectivity index (χ1n) is 9.65. The van der Waals surface area contributed by atoms with Crippen LogP contribution in [0.3, 0.4) is 0 Å². The summed E-state index contributed by atoms with van der Waals surface area (Å²) in [5, 5.41) is 7.50. The molecule has 0 unspecified atom stereocenters. The van der Waals surface area contributed by atoms with Crippen LogP contribution in [0.25, 0.3) is 0 Å². The predicted octanol–water partition coefficient (Wildman–Crippen LogP) is 3.94. The van der Waals surface area contributed by atoms with Crippen LogP contribution >= 0.6 is 11.6 Å². The minimum atomic E-state index is -0.174. The Kier molecular flexibility index (Phi) is 7.29. The summed E-state index contributed by atoms with van der Waals surface area (Å²) in [7, 11) is 1.74. The fourth-order valence-electron chi connectivity index (χ4n) is 3.69. The summed E-state index contributed by atoms with van der Waals surface area (Å²) in [6, 6.07) is 14.9. The van der Waals surface area contributed by atoms with E-state index in [1.54, 1.807) is 13.1 Å². The Hall–Kier alpha value is -2.11. The number of hydrogen-bond donors (Lipinski definition) is 2. The molecule has 1 saturated heterocycles. The molecule has 28 heavy (non-hydrogen) atoms. The van der Waals surface area contributed by atoms with Crippen molar-refractivity contribution in [2.45, 2.75) is 24.7 Å². The number of nitrogens with one attached hydrogen (secondary N) is 2. The van der Waals surface area contributed by atoms with Crippen molar-refractivity contribution in [1.82, 2.24) is 10.6 Å². The molecule has 0 aromatic heterocycles. The number of guanidine groups is 1. The topological polar surface area (TPSA) is 45.7 Å². The molecule has 0 aliphatic carbocycles. The van der Waals surface area contributed by atoms with Crippen LogP contribution in [-0.4, -0.2) is 39.3 Å². The molecule has 0 amide bonds. The van der Waals surface area contributed by atoms with Crippen LogP contribution in [-0.2, 0) is 16.6 Å². The molecule has 2 aromatic rings. The van der Waals surface area contributed by atoms with Crippen LogP contribution in [0.15, 0.2) is 53.5 Å². The summed E-state index contributed by atoms with van der Waals surface area (Å²) >= 11 is 6.51. The average Bonchev–Trinajstić information content (AvgIpc) is 2.73. The van der Waals surface area contributed by atoms with Crippen LogP contribution < -0.4 is 10.6 Å². The first-order chi connectivity index (χ1) is 13.6. The molecule has 3 rings (SSSR count). The number of ether oxygens (including phenoxy) is 1. The summed E-state index contributed by atoms with van der Waals surface area (Å²) in [5.41, 5.74) is 1.75. The van der Waals surface area contributed by atoms with Crippen molar-refractivity contribution in [2.75, 3.05) is 33.4 Å². The maximum atomic E-state index is 13.8. The normalized spacial score (nSPS) is 16.6. The number of benzene rings is 2. The van der Waals surface area contributed by atoms with Gasteiger partial charge in [-0.2, -0.15) is 0 Å². The molecule has 2 aromatic carbocycles. The van der Waals surface area contributed by atoms with E-state index in [2.05, 4.69) is 21.7 Å². The van der Waals surface area contributed by atoms with E-state index >= 15 is 0 Å². The zero-order valence-corrected chi connectivity index (χ0v) is 16.9. The zero-order valence-electron chi connectivity index (χ0n) is 16.2. The van der Waals surface area contributed by atoms with Crippen molar-refractivity contribution in [3.63, 3.8) is 0 Å². The molecule has 0 bridgehead atoms. The molecule has 1 fully saturated rings.